The minimum absolute atomic E-state index is 0.0347. The lowest BCUT2D eigenvalue weighted by Gasteiger charge is -2.08. The highest BCUT2D eigenvalue weighted by Crippen LogP contribution is 2.18. The summed E-state index contributed by atoms with van der Waals surface area (Å²) in [6, 6.07) is 9.08. The zero-order chi connectivity index (χ0) is 14.7. The Morgan fingerprint density at radius 2 is 2.05 bits per heavy atom. The average Bonchev–Trinajstić information content (AvgIpc) is 3.01. The lowest BCUT2D eigenvalue weighted by atomic mass is 10.2. The fourth-order valence-corrected chi connectivity index (χ4v) is 1.66. The van der Waals surface area contributed by atoms with Crippen LogP contribution in [0.4, 0.5) is 17.6 Å². The molecule has 21 heavy (non-hydrogen) atoms. The first-order chi connectivity index (χ1) is 10.3. The van der Waals surface area contributed by atoms with Crippen LogP contribution in [0.15, 0.2) is 36.9 Å². The minimum atomic E-state index is 0.0347. The van der Waals surface area contributed by atoms with E-state index in [0.717, 1.165) is 0 Å². The molecule has 0 unspecified atom stereocenters. The Kier molecular flexibility index (Phi) is 3.10. The molecule has 0 amide bonds. The fourth-order valence-electron chi connectivity index (χ4n) is 1.66. The molecule has 2 aromatic heterocycles. The van der Waals surface area contributed by atoms with Gasteiger partial charge in [0.1, 0.15) is 18.7 Å². The van der Waals surface area contributed by atoms with E-state index in [1.165, 1.54) is 17.3 Å². The summed E-state index contributed by atoms with van der Waals surface area (Å²) in [6.45, 7) is 0. The van der Waals surface area contributed by atoms with Crippen LogP contribution in [0.3, 0.4) is 0 Å². The molecule has 0 bridgehead atoms. The first kappa shape index (κ1) is 12.5. The number of nitrogen functional groups attached to an aromatic ring is 1. The second-order valence-electron chi connectivity index (χ2n) is 3.94. The monoisotopic (exact) mass is 279 g/mol. The van der Waals surface area contributed by atoms with E-state index in [-0.39, 0.29) is 17.8 Å². The Balaban J connectivity index is 1.98. The van der Waals surface area contributed by atoms with Crippen molar-refractivity contribution in [2.24, 2.45) is 0 Å². The van der Waals surface area contributed by atoms with Gasteiger partial charge in [-0.3, -0.25) is 0 Å². The van der Waals surface area contributed by atoms with Gasteiger partial charge in [-0.2, -0.15) is 30.0 Å². The Bertz CT molecular complexity index is 804. The number of nitriles is 1. The highest BCUT2D eigenvalue weighted by Gasteiger charge is 2.09. The van der Waals surface area contributed by atoms with E-state index in [9.17, 15) is 0 Å². The van der Waals surface area contributed by atoms with Crippen LogP contribution >= 0.6 is 0 Å². The molecule has 0 aliphatic carbocycles. The first-order valence-corrected chi connectivity index (χ1v) is 5.89. The van der Waals surface area contributed by atoms with Crippen LogP contribution in [0.1, 0.15) is 5.56 Å². The lowest BCUT2D eigenvalue weighted by Crippen LogP contribution is -2.09. The number of nitrogens with one attached hydrogen (secondary N) is 1. The van der Waals surface area contributed by atoms with Gasteiger partial charge in [0, 0.05) is 0 Å². The molecule has 0 spiro atoms. The van der Waals surface area contributed by atoms with Crippen molar-refractivity contribution in [3.8, 4) is 12.0 Å². The number of hydrogen-bond acceptors (Lipinski definition) is 8. The zero-order valence-electron chi connectivity index (χ0n) is 10.7. The predicted octanol–water partition coefficient (Wildman–Crippen LogP) is 0.650. The van der Waals surface area contributed by atoms with Crippen LogP contribution in [0.25, 0.3) is 5.95 Å². The summed E-state index contributed by atoms with van der Waals surface area (Å²) in [5.41, 5.74) is 6.71. The molecule has 3 aromatic rings. The van der Waals surface area contributed by atoms with Crippen molar-refractivity contribution in [1.29, 1.82) is 5.26 Å². The van der Waals surface area contributed by atoms with Crippen molar-refractivity contribution >= 4 is 17.6 Å². The Morgan fingerprint density at radius 1 is 1.19 bits per heavy atom. The van der Waals surface area contributed by atoms with E-state index >= 15 is 0 Å². The van der Waals surface area contributed by atoms with Gasteiger partial charge in [0.15, 0.2) is 0 Å². The molecule has 0 saturated heterocycles. The van der Waals surface area contributed by atoms with Gasteiger partial charge in [-0.15, -0.1) is 0 Å². The smallest absolute Gasteiger partial charge is 0.258 e. The predicted molar refractivity (Wildman–Crippen MR) is 73.6 cm³/mol. The number of rotatable bonds is 3. The van der Waals surface area contributed by atoms with Crippen molar-refractivity contribution in [3.63, 3.8) is 0 Å². The first-order valence-electron chi connectivity index (χ1n) is 5.89. The molecule has 9 nitrogen and oxygen atoms in total. The van der Waals surface area contributed by atoms with Gasteiger partial charge in [0.2, 0.25) is 11.9 Å². The fraction of sp³-hybridized carbons (Fsp3) is 0. The third-order valence-electron chi connectivity index (χ3n) is 2.56. The van der Waals surface area contributed by atoms with E-state index in [1.54, 1.807) is 24.3 Å². The van der Waals surface area contributed by atoms with Gasteiger partial charge in [0.05, 0.1) is 11.3 Å². The third kappa shape index (κ3) is 2.59. The second kappa shape index (κ2) is 5.22. The van der Waals surface area contributed by atoms with Gasteiger partial charge < -0.3 is 11.1 Å². The maximum atomic E-state index is 9.07. The molecule has 0 radical (unpaired) electrons. The average molecular weight is 279 g/mol. The van der Waals surface area contributed by atoms with Crippen LogP contribution in [0, 0.1) is 11.3 Å². The van der Waals surface area contributed by atoms with Crippen molar-refractivity contribution in [1.82, 2.24) is 29.7 Å². The Hall–Kier alpha value is -3.54. The summed E-state index contributed by atoms with van der Waals surface area (Å²) in [4.78, 5) is 16.0. The lowest BCUT2D eigenvalue weighted by molar-refractivity contribution is 0.800. The quantitative estimate of drug-likeness (QED) is 0.714. The number of hydrogen-bond donors (Lipinski definition) is 2. The highest BCUT2D eigenvalue weighted by molar-refractivity contribution is 5.63. The minimum Gasteiger partial charge on any atom is -0.368 e. The molecule has 0 fully saturated rings. The van der Waals surface area contributed by atoms with Crippen LogP contribution < -0.4 is 11.1 Å². The van der Waals surface area contributed by atoms with Gasteiger partial charge in [0.25, 0.3) is 5.95 Å². The van der Waals surface area contributed by atoms with Gasteiger partial charge in [-0.1, -0.05) is 12.1 Å². The number of nitrogens with zero attached hydrogens (tertiary/aromatic N) is 7. The van der Waals surface area contributed by atoms with Crippen molar-refractivity contribution in [3.05, 3.63) is 42.5 Å². The summed E-state index contributed by atoms with van der Waals surface area (Å²) in [5, 5.41) is 15.9. The van der Waals surface area contributed by atoms with Gasteiger partial charge in [-0.05, 0) is 12.1 Å². The number of aromatic nitrogens is 6. The van der Waals surface area contributed by atoms with Crippen molar-refractivity contribution in [2.75, 3.05) is 11.1 Å². The molecular weight excluding hydrogens is 270 g/mol. The standard InChI is InChI=1S/C12H9N9/c13-5-8-3-1-2-4-9(8)17-11-18-10(14)19-12(20-11)21-7-15-6-16-21/h1-4,6-7H,(H3,14,17,18,19,20). The van der Waals surface area contributed by atoms with E-state index in [4.69, 9.17) is 11.0 Å². The largest absolute Gasteiger partial charge is 0.368 e. The van der Waals surface area contributed by atoms with Gasteiger partial charge in [-0.25, -0.2) is 4.98 Å². The van der Waals surface area contributed by atoms with Crippen LogP contribution in [0.5, 0.6) is 0 Å². The SMILES string of the molecule is N#Cc1ccccc1Nc1nc(N)nc(-n2cncn2)n1. The Morgan fingerprint density at radius 3 is 2.81 bits per heavy atom. The topological polar surface area (TPSA) is 131 Å². The molecule has 0 aliphatic rings. The second-order valence-corrected chi connectivity index (χ2v) is 3.94. The molecule has 0 atom stereocenters. The zero-order valence-corrected chi connectivity index (χ0v) is 10.7. The molecule has 1 aromatic carbocycles. The highest BCUT2D eigenvalue weighted by atomic mass is 15.4. The number of benzene rings is 1. The van der Waals surface area contributed by atoms with Crippen LogP contribution in [-0.4, -0.2) is 29.7 Å². The van der Waals surface area contributed by atoms with Crippen molar-refractivity contribution < 1.29 is 0 Å². The van der Waals surface area contributed by atoms with Crippen LogP contribution in [0.2, 0.25) is 0 Å². The molecule has 0 saturated carbocycles. The number of nitrogens with two attached hydrogens (primary N) is 1. The van der Waals surface area contributed by atoms with E-state index in [1.807, 2.05) is 0 Å². The summed E-state index contributed by atoms with van der Waals surface area (Å²) in [6.07, 6.45) is 2.81. The van der Waals surface area contributed by atoms with E-state index in [2.05, 4.69) is 36.4 Å². The maximum Gasteiger partial charge on any atom is 0.258 e. The van der Waals surface area contributed by atoms with E-state index in [0.29, 0.717) is 11.3 Å². The van der Waals surface area contributed by atoms with Gasteiger partial charge >= 0.3 is 0 Å². The summed E-state index contributed by atoms with van der Waals surface area (Å²) >= 11 is 0. The molecule has 3 N–H and O–H groups in total. The summed E-state index contributed by atoms with van der Waals surface area (Å²) in [5.74, 6) is 0.486. The normalized spacial score (nSPS) is 10.0. The molecule has 3 rings (SSSR count). The number of para-hydroxylation sites is 1. The Labute approximate surface area is 119 Å². The maximum absolute atomic E-state index is 9.07. The van der Waals surface area contributed by atoms with Crippen LogP contribution in [-0.2, 0) is 0 Å². The molecule has 102 valence electrons. The van der Waals surface area contributed by atoms with Crippen molar-refractivity contribution in [2.45, 2.75) is 0 Å². The number of anilines is 3. The summed E-state index contributed by atoms with van der Waals surface area (Å²) < 4.78 is 1.36. The molecule has 0 aliphatic heterocycles. The molecule has 2 heterocycles. The molecule has 9 heteroatoms. The molecular formula is C12H9N9. The third-order valence-corrected chi connectivity index (χ3v) is 2.56. The summed E-state index contributed by atoms with van der Waals surface area (Å²) in [7, 11) is 0. The van der Waals surface area contributed by atoms with E-state index < -0.39 is 0 Å².